The van der Waals surface area contributed by atoms with Gasteiger partial charge in [0.25, 0.3) is 0 Å². The first kappa shape index (κ1) is 11.4. The molecular formula is C14H14FNO2. The predicted octanol–water partition coefficient (Wildman–Crippen LogP) is 2.51. The quantitative estimate of drug-likeness (QED) is 0.715. The van der Waals surface area contributed by atoms with E-state index in [2.05, 4.69) is 0 Å². The standard InChI is InChI=1S/C14H14FNO2/c15-9-4-3-5-10(8-9)16-13(17)11-6-1-2-7-12(11)14(16)18/h3-5,8,11-12H,1-2,6-7H2. The number of benzene rings is 1. The summed E-state index contributed by atoms with van der Waals surface area (Å²) in [4.78, 5) is 25.7. The van der Waals surface area contributed by atoms with Crippen molar-refractivity contribution in [2.45, 2.75) is 25.7 Å². The van der Waals surface area contributed by atoms with Crippen LogP contribution in [0.5, 0.6) is 0 Å². The molecule has 0 bridgehead atoms. The van der Waals surface area contributed by atoms with Gasteiger partial charge in [0.15, 0.2) is 0 Å². The molecular weight excluding hydrogens is 233 g/mol. The molecule has 3 nitrogen and oxygen atoms in total. The molecule has 4 heteroatoms. The molecule has 3 rings (SSSR count). The van der Waals surface area contributed by atoms with Gasteiger partial charge in [-0.05, 0) is 31.0 Å². The summed E-state index contributed by atoms with van der Waals surface area (Å²) in [6.07, 6.45) is 3.55. The number of imide groups is 1. The predicted molar refractivity (Wildman–Crippen MR) is 64.3 cm³/mol. The van der Waals surface area contributed by atoms with Crippen LogP contribution >= 0.6 is 0 Å². The summed E-state index contributed by atoms with van der Waals surface area (Å²) in [5.74, 6) is -1.11. The van der Waals surface area contributed by atoms with Crippen LogP contribution < -0.4 is 4.90 Å². The van der Waals surface area contributed by atoms with Gasteiger partial charge in [0.05, 0.1) is 17.5 Å². The Bertz CT molecular complexity index is 490. The van der Waals surface area contributed by atoms with E-state index in [-0.39, 0.29) is 23.7 Å². The Hall–Kier alpha value is -1.71. The van der Waals surface area contributed by atoms with Crippen molar-refractivity contribution in [3.8, 4) is 0 Å². The smallest absolute Gasteiger partial charge is 0.237 e. The average molecular weight is 247 g/mol. The minimum Gasteiger partial charge on any atom is -0.274 e. The lowest BCUT2D eigenvalue weighted by Gasteiger charge is -2.19. The van der Waals surface area contributed by atoms with E-state index in [1.54, 1.807) is 6.07 Å². The van der Waals surface area contributed by atoms with Crippen LogP contribution in [0.3, 0.4) is 0 Å². The molecule has 94 valence electrons. The summed E-state index contributed by atoms with van der Waals surface area (Å²) in [5, 5.41) is 0. The van der Waals surface area contributed by atoms with Crippen molar-refractivity contribution >= 4 is 17.5 Å². The molecule has 2 aliphatic rings. The fourth-order valence-corrected chi connectivity index (χ4v) is 3.03. The zero-order valence-corrected chi connectivity index (χ0v) is 9.93. The van der Waals surface area contributed by atoms with Crippen LogP contribution in [0.1, 0.15) is 25.7 Å². The maximum absolute atomic E-state index is 13.2. The monoisotopic (exact) mass is 247 g/mol. The van der Waals surface area contributed by atoms with Gasteiger partial charge < -0.3 is 0 Å². The Balaban J connectivity index is 1.97. The highest BCUT2D eigenvalue weighted by atomic mass is 19.1. The van der Waals surface area contributed by atoms with Gasteiger partial charge in [-0.1, -0.05) is 18.9 Å². The Morgan fingerprint density at radius 1 is 1.06 bits per heavy atom. The molecule has 0 aromatic heterocycles. The van der Waals surface area contributed by atoms with E-state index in [0.717, 1.165) is 25.7 Å². The van der Waals surface area contributed by atoms with Gasteiger partial charge in [-0.3, -0.25) is 9.59 Å². The molecule has 0 spiro atoms. The SMILES string of the molecule is O=C1C2CCCCC2C(=O)N1c1cccc(F)c1. The van der Waals surface area contributed by atoms with Gasteiger partial charge in [0.1, 0.15) is 5.82 Å². The number of nitrogens with zero attached hydrogens (tertiary/aromatic N) is 1. The van der Waals surface area contributed by atoms with Crippen LogP contribution in [0.2, 0.25) is 0 Å². The van der Waals surface area contributed by atoms with Crippen molar-refractivity contribution < 1.29 is 14.0 Å². The summed E-state index contributed by atoms with van der Waals surface area (Å²) in [6, 6.07) is 5.68. The minimum absolute atomic E-state index is 0.157. The highest BCUT2D eigenvalue weighted by Crippen LogP contribution is 2.39. The normalized spacial score (nSPS) is 27.5. The van der Waals surface area contributed by atoms with E-state index in [4.69, 9.17) is 0 Å². The summed E-state index contributed by atoms with van der Waals surface area (Å²) in [7, 11) is 0. The van der Waals surface area contributed by atoms with Crippen LogP contribution in [0.15, 0.2) is 24.3 Å². The number of carbonyl (C=O) groups is 2. The maximum Gasteiger partial charge on any atom is 0.237 e. The van der Waals surface area contributed by atoms with Crippen molar-refractivity contribution in [2.75, 3.05) is 4.90 Å². The van der Waals surface area contributed by atoms with Crippen LogP contribution in [0.4, 0.5) is 10.1 Å². The van der Waals surface area contributed by atoms with Crippen molar-refractivity contribution in [2.24, 2.45) is 11.8 Å². The van der Waals surface area contributed by atoms with Crippen molar-refractivity contribution in [1.29, 1.82) is 0 Å². The molecule has 2 fully saturated rings. The molecule has 1 aliphatic carbocycles. The lowest BCUT2D eigenvalue weighted by atomic mass is 9.81. The number of hydrogen-bond donors (Lipinski definition) is 0. The Kier molecular flexibility index (Phi) is 2.65. The minimum atomic E-state index is -0.428. The number of hydrogen-bond acceptors (Lipinski definition) is 2. The lowest BCUT2D eigenvalue weighted by Crippen LogP contribution is -2.30. The van der Waals surface area contributed by atoms with Crippen molar-refractivity contribution in [1.82, 2.24) is 0 Å². The van der Waals surface area contributed by atoms with E-state index >= 15 is 0 Å². The second-order valence-electron chi connectivity index (χ2n) is 4.99. The highest BCUT2D eigenvalue weighted by Gasteiger charge is 2.48. The number of rotatable bonds is 1. The molecule has 0 N–H and O–H groups in total. The fraction of sp³-hybridized carbons (Fsp3) is 0.429. The van der Waals surface area contributed by atoms with Crippen molar-refractivity contribution in [3.63, 3.8) is 0 Å². The zero-order valence-electron chi connectivity index (χ0n) is 9.93. The van der Waals surface area contributed by atoms with Gasteiger partial charge in [-0.25, -0.2) is 9.29 Å². The van der Waals surface area contributed by atoms with E-state index in [9.17, 15) is 14.0 Å². The van der Waals surface area contributed by atoms with Crippen molar-refractivity contribution in [3.05, 3.63) is 30.1 Å². The second kappa shape index (κ2) is 4.19. The molecule has 1 aromatic rings. The number of anilines is 1. The van der Waals surface area contributed by atoms with Gasteiger partial charge >= 0.3 is 0 Å². The summed E-state index contributed by atoms with van der Waals surface area (Å²) in [6.45, 7) is 0. The molecule has 2 amide bonds. The van der Waals surface area contributed by atoms with Crippen LogP contribution in [0, 0.1) is 17.7 Å². The van der Waals surface area contributed by atoms with Crippen LogP contribution in [-0.4, -0.2) is 11.8 Å². The second-order valence-corrected chi connectivity index (χ2v) is 4.99. The number of carbonyl (C=O) groups excluding carboxylic acids is 2. The maximum atomic E-state index is 13.2. The van der Waals surface area contributed by atoms with Gasteiger partial charge in [0, 0.05) is 0 Å². The number of fused-ring (bicyclic) bond motifs is 1. The first-order chi connectivity index (χ1) is 8.68. The Labute approximate surface area is 105 Å². The number of halogens is 1. The molecule has 18 heavy (non-hydrogen) atoms. The number of amides is 2. The van der Waals surface area contributed by atoms with Gasteiger partial charge in [0.2, 0.25) is 11.8 Å². The Morgan fingerprint density at radius 2 is 1.67 bits per heavy atom. The summed E-state index contributed by atoms with van der Waals surface area (Å²) < 4.78 is 13.2. The largest absolute Gasteiger partial charge is 0.274 e. The lowest BCUT2D eigenvalue weighted by molar-refractivity contribution is -0.122. The highest BCUT2D eigenvalue weighted by molar-refractivity contribution is 6.22. The molecule has 1 heterocycles. The van der Waals surface area contributed by atoms with Crippen LogP contribution in [-0.2, 0) is 9.59 Å². The van der Waals surface area contributed by atoms with Gasteiger partial charge in [-0.15, -0.1) is 0 Å². The Morgan fingerprint density at radius 3 is 2.22 bits per heavy atom. The van der Waals surface area contributed by atoms with E-state index < -0.39 is 5.82 Å². The summed E-state index contributed by atoms with van der Waals surface area (Å²) >= 11 is 0. The van der Waals surface area contributed by atoms with E-state index in [1.807, 2.05) is 0 Å². The third-order valence-corrected chi connectivity index (χ3v) is 3.91. The first-order valence-corrected chi connectivity index (χ1v) is 6.32. The van der Waals surface area contributed by atoms with Crippen LogP contribution in [0.25, 0.3) is 0 Å². The molecule has 0 radical (unpaired) electrons. The first-order valence-electron chi connectivity index (χ1n) is 6.32. The molecule has 1 saturated carbocycles. The zero-order chi connectivity index (χ0) is 12.7. The molecule has 1 aliphatic heterocycles. The van der Waals surface area contributed by atoms with E-state index in [0.29, 0.717) is 5.69 Å². The molecule has 1 saturated heterocycles. The molecule has 2 unspecified atom stereocenters. The average Bonchev–Trinajstić information content (AvgIpc) is 2.63. The topological polar surface area (TPSA) is 37.4 Å². The van der Waals surface area contributed by atoms with Gasteiger partial charge in [-0.2, -0.15) is 0 Å². The molecule has 2 atom stereocenters. The molecule has 1 aromatic carbocycles. The van der Waals surface area contributed by atoms with E-state index in [1.165, 1.54) is 23.1 Å². The third-order valence-electron chi connectivity index (χ3n) is 3.91. The third kappa shape index (κ3) is 1.64. The fourth-order valence-electron chi connectivity index (χ4n) is 3.03. The summed E-state index contributed by atoms with van der Waals surface area (Å²) in [5.41, 5.74) is 0.361.